The molecule has 1 fully saturated rings. The summed E-state index contributed by atoms with van der Waals surface area (Å²) in [6, 6.07) is 10.3. The lowest BCUT2D eigenvalue weighted by Gasteiger charge is -2.31. The Morgan fingerprint density at radius 3 is 2.63 bits per heavy atom. The average Bonchev–Trinajstić information content (AvgIpc) is 3.33. The minimum Gasteiger partial charge on any atom is -0.450 e. The number of hydrogen-bond donors (Lipinski definition) is 1. The number of rotatable bonds is 5. The van der Waals surface area contributed by atoms with Crippen molar-refractivity contribution in [3.8, 4) is 0 Å². The summed E-state index contributed by atoms with van der Waals surface area (Å²) in [5.74, 6) is -0.408. The highest BCUT2D eigenvalue weighted by Crippen LogP contribution is 2.27. The van der Waals surface area contributed by atoms with Crippen LogP contribution in [0, 0.1) is 5.82 Å². The molecule has 1 saturated heterocycles. The fourth-order valence-corrected chi connectivity index (χ4v) is 4.61. The number of benzene rings is 1. The third-order valence-corrected chi connectivity index (χ3v) is 6.22. The lowest BCUT2D eigenvalue weighted by atomic mass is 10.1. The first-order valence-electron chi connectivity index (χ1n) is 10.1. The smallest absolute Gasteiger partial charge is 0.409 e. The van der Waals surface area contributed by atoms with Gasteiger partial charge in [0.15, 0.2) is 0 Å². The number of nitrogens with one attached hydrogen (secondary N) is 1. The molecule has 6 nitrogen and oxygen atoms in total. The minimum atomic E-state index is -0.296. The summed E-state index contributed by atoms with van der Waals surface area (Å²) in [7, 11) is 0. The number of piperidine rings is 1. The number of carbonyl (C=O) groups is 2. The van der Waals surface area contributed by atoms with Gasteiger partial charge in [0.2, 0.25) is 0 Å². The van der Waals surface area contributed by atoms with Gasteiger partial charge >= 0.3 is 6.09 Å². The van der Waals surface area contributed by atoms with E-state index in [2.05, 4.69) is 5.32 Å². The number of carbonyl (C=O) groups excluding carboxylic acids is 2. The maximum atomic E-state index is 13.3. The third kappa shape index (κ3) is 4.33. The second kappa shape index (κ2) is 8.87. The van der Waals surface area contributed by atoms with Gasteiger partial charge in [0.1, 0.15) is 11.5 Å². The largest absolute Gasteiger partial charge is 0.450 e. The van der Waals surface area contributed by atoms with Crippen LogP contribution in [0.15, 0.2) is 41.8 Å². The van der Waals surface area contributed by atoms with Crippen LogP contribution < -0.4 is 5.32 Å². The second-order valence-electron chi connectivity index (χ2n) is 7.35. The molecular formula is C22H24FN3O3S. The van der Waals surface area contributed by atoms with E-state index in [1.807, 2.05) is 22.1 Å². The fourth-order valence-electron chi connectivity index (χ4n) is 3.79. The Morgan fingerprint density at radius 1 is 1.20 bits per heavy atom. The van der Waals surface area contributed by atoms with E-state index < -0.39 is 0 Å². The number of hydrogen-bond acceptors (Lipinski definition) is 4. The molecule has 0 aliphatic carbocycles. The van der Waals surface area contributed by atoms with E-state index in [1.54, 1.807) is 35.3 Å². The van der Waals surface area contributed by atoms with Gasteiger partial charge < -0.3 is 19.5 Å². The van der Waals surface area contributed by atoms with E-state index in [4.69, 9.17) is 4.74 Å². The van der Waals surface area contributed by atoms with Crippen molar-refractivity contribution in [2.24, 2.45) is 0 Å². The number of halogens is 1. The van der Waals surface area contributed by atoms with Crippen molar-refractivity contribution in [2.75, 3.05) is 19.7 Å². The molecule has 2 aromatic heterocycles. The van der Waals surface area contributed by atoms with Crippen LogP contribution in [-0.4, -0.2) is 47.2 Å². The van der Waals surface area contributed by atoms with Crippen molar-refractivity contribution in [3.63, 3.8) is 0 Å². The molecule has 4 rings (SSSR count). The summed E-state index contributed by atoms with van der Waals surface area (Å²) < 4.78 is 21.3. The highest BCUT2D eigenvalue weighted by atomic mass is 32.1. The molecule has 0 bridgehead atoms. The van der Waals surface area contributed by atoms with E-state index in [0.29, 0.717) is 44.8 Å². The first kappa shape index (κ1) is 20.4. The monoisotopic (exact) mass is 429 g/mol. The minimum absolute atomic E-state index is 0.00961. The molecule has 1 aromatic carbocycles. The molecule has 3 heterocycles. The van der Waals surface area contributed by atoms with Crippen LogP contribution in [0.5, 0.6) is 0 Å². The molecule has 30 heavy (non-hydrogen) atoms. The van der Waals surface area contributed by atoms with Gasteiger partial charge in [-0.3, -0.25) is 4.79 Å². The van der Waals surface area contributed by atoms with Gasteiger partial charge in [-0.2, -0.15) is 0 Å². The molecule has 1 aliphatic heterocycles. The number of aromatic nitrogens is 1. The molecule has 2 amide bonds. The van der Waals surface area contributed by atoms with Crippen molar-refractivity contribution in [1.82, 2.24) is 14.8 Å². The summed E-state index contributed by atoms with van der Waals surface area (Å²) in [5.41, 5.74) is 2.51. The lowest BCUT2D eigenvalue weighted by molar-refractivity contribution is 0.0854. The summed E-state index contributed by atoms with van der Waals surface area (Å²) in [6.45, 7) is 3.77. The standard InChI is InChI=1S/C22H24FN3O3S/c1-2-29-22(28)25-10-7-17(8-11-25)24-21(27)19-13-20-18(9-12-30-20)26(19)14-15-3-5-16(23)6-4-15/h3-6,9,12-13,17H,2,7-8,10-11,14H2,1H3,(H,24,27). The van der Waals surface area contributed by atoms with E-state index >= 15 is 0 Å². The van der Waals surface area contributed by atoms with E-state index in [9.17, 15) is 14.0 Å². The number of fused-ring (bicyclic) bond motifs is 1. The van der Waals surface area contributed by atoms with E-state index in [1.165, 1.54) is 12.1 Å². The lowest BCUT2D eigenvalue weighted by Crippen LogP contribution is -2.47. The van der Waals surface area contributed by atoms with Gasteiger partial charge in [0, 0.05) is 25.7 Å². The Bertz CT molecular complexity index is 1040. The van der Waals surface area contributed by atoms with Crippen molar-refractivity contribution in [1.29, 1.82) is 0 Å². The second-order valence-corrected chi connectivity index (χ2v) is 8.29. The predicted octanol–water partition coefficient (Wildman–Crippen LogP) is 4.24. The molecule has 0 saturated carbocycles. The molecule has 3 aromatic rings. The van der Waals surface area contributed by atoms with Crippen LogP contribution in [0.1, 0.15) is 35.8 Å². The van der Waals surface area contributed by atoms with Gasteiger partial charge in [0.25, 0.3) is 5.91 Å². The zero-order valence-electron chi connectivity index (χ0n) is 16.8. The fraction of sp³-hybridized carbons (Fsp3) is 0.364. The summed E-state index contributed by atoms with van der Waals surface area (Å²) in [4.78, 5) is 26.6. The number of likely N-dealkylation sites (tertiary alicyclic amines) is 1. The first-order valence-corrected chi connectivity index (χ1v) is 11.0. The van der Waals surface area contributed by atoms with Crippen LogP contribution >= 0.6 is 11.3 Å². The van der Waals surface area contributed by atoms with E-state index in [0.717, 1.165) is 15.8 Å². The van der Waals surface area contributed by atoms with Gasteiger partial charge in [-0.1, -0.05) is 12.1 Å². The molecule has 0 atom stereocenters. The topological polar surface area (TPSA) is 63.6 Å². The molecule has 0 radical (unpaired) electrons. The van der Waals surface area contributed by atoms with Crippen LogP contribution in [0.4, 0.5) is 9.18 Å². The predicted molar refractivity (Wildman–Crippen MR) is 114 cm³/mol. The van der Waals surface area contributed by atoms with Crippen LogP contribution in [0.25, 0.3) is 10.2 Å². The Labute approximate surface area is 178 Å². The van der Waals surface area contributed by atoms with Crippen molar-refractivity contribution < 1.29 is 18.7 Å². The number of nitrogens with zero attached hydrogens (tertiary/aromatic N) is 2. The van der Waals surface area contributed by atoms with Gasteiger partial charge in [0.05, 0.1) is 16.8 Å². The molecule has 1 aliphatic rings. The zero-order chi connectivity index (χ0) is 21.1. The summed E-state index contributed by atoms with van der Waals surface area (Å²) in [5, 5.41) is 5.12. The molecular weight excluding hydrogens is 405 g/mol. The highest BCUT2D eigenvalue weighted by Gasteiger charge is 2.26. The molecule has 158 valence electrons. The van der Waals surface area contributed by atoms with Crippen LogP contribution in [-0.2, 0) is 11.3 Å². The zero-order valence-corrected chi connectivity index (χ0v) is 17.6. The van der Waals surface area contributed by atoms with Crippen molar-refractivity contribution in [2.45, 2.75) is 32.4 Å². The van der Waals surface area contributed by atoms with Crippen LogP contribution in [0.3, 0.4) is 0 Å². The van der Waals surface area contributed by atoms with Gasteiger partial charge in [-0.05, 0) is 55.0 Å². The Hall–Kier alpha value is -2.87. The normalized spacial score (nSPS) is 14.8. The molecule has 8 heteroatoms. The highest BCUT2D eigenvalue weighted by molar-refractivity contribution is 7.17. The maximum Gasteiger partial charge on any atom is 0.409 e. The molecule has 0 unspecified atom stereocenters. The number of amides is 2. The summed E-state index contributed by atoms with van der Waals surface area (Å²) in [6.07, 6.45) is 1.09. The third-order valence-electron chi connectivity index (χ3n) is 5.37. The average molecular weight is 430 g/mol. The maximum absolute atomic E-state index is 13.3. The molecule has 0 spiro atoms. The Morgan fingerprint density at radius 2 is 1.93 bits per heavy atom. The molecule has 1 N–H and O–H groups in total. The van der Waals surface area contributed by atoms with Crippen LogP contribution in [0.2, 0.25) is 0 Å². The van der Waals surface area contributed by atoms with Crippen molar-refractivity contribution in [3.05, 3.63) is 58.9 Å². The Kier molecular flexibility index (Phi) is 6.03. The Balaban J connectivity index is 1.46. The van der Waals surface area contributed by atoms with Crippen molar-refractivity contribution >= 4 is 33.6 Å². The number of thiophene rings is 1. The van der Waals surface area contributed by atoms with E-state index in [-0.39, 0.29) is 23.9 Å². The van der Waals surface area contributed by atoms with Gasteiger partial charge in [-0.25, -0.2) is 9.18 Å². The summed E-state index contributed by atoms with van der Waals surface area (Å²) >= 11 is 1.59. The quantitative estimate of drug-likeness (QED) is 0.660. The van der Waals surface area contributed by atoms with Gasteiger partial charge in [-0.15, -0.1) is 11.3 Å². The number of ether oxygens (including phenoxy) is 1. The first-order chi connectivity index (χ1) is 14.5. The SMILES string of the molecule is CCOC(=O)N1CCC(NC(=O)c2cc3sccc3n2Cc2ccc(F)cc2)CC1.